The predicted octanol–water partition coefficient (Wildman–Crippen LogP) is 2.64. The van der Waals surface area contributed by atoms with Gasteiger partial charge in [0.1, 0.15) is 0 Å². The molecule has 1 aromatic carbocycles. The number of hydrogen-bond donors (Lipinski definition) is 1. The SMILES string of the molecule is Cc1ccc(N(CCC#N)C(=O)CN(C)CC2CCCC2O)cc1C. The van der Waals surface area contributed by atoms with Crippen molar-refractivity contribution in [3.8, 4) is 6.07 Å². The molecule has 1 aliphatic rings. The van der Waals surface area contributed by atoms with E-state index in [2.05, 4.69) is 6.07 Å². The first-order valence-electron chi connectivity index (χ1n) is 9.03. The third kappa shape index (κ3) is 5.29. The van der Waals surface area contributed by atoms with Crippen LogP contribution in [0.15, 0.2) is 18.2 Å². The maximum absolute atomic E-state index is 12.8. The van der Waals surface area contributed by atoms with E-state index in [0.29, 0.717) is 19.5 Å². The van der Waals surface area contributed by atoms with Crippen molar-refractivity contribution in [3.63, 3.8) is 0 Å². The highest BCUT2D eigenvalue weighted by molar-refractivity contribution is 5.94. The Bertz CT molecular complexity index is 638. The molecule has 1 saturated carbocycles. The van der Waals surface area contributed by atoms with Crippen LogP contribution < -0.4 is 4.90 Å². The second kappa shape index (κ2) is 8.98. The first-order valence-corrected chi connectivity index (χ1v) is 9.03. The number of rotatable bonds is 7. The Morgan fingerprint density at radius 2 is 2.08 bits per heavy atom. The molecular weight excluding hydrogens is 314 g/mol. The van der Waals surface area contributed by atoms with Crippen LogP contribution in [0.4, 0.5) is 5.69 Å². The Morgan fingerprint density at radius 3 is 2.68 bits per heavy atom. The van der Waals surface area contributed by atoms with E-state index < -0.39 is 0 Å². The molecule has 0 bridgehead atoms. The summed E-state index contributed by atoms with van der Waals surface area (Å²) in [6.45, 7) is 5.49. The van der Waals surface area contributed by atoms with E-state index in [1.807, 2.05) is 44.0 Å². The minimum atomic E-state index is -0.244. The number of carbonyl (C=O) groups excluding carboxylic acids is 1. The van der Waals surface area contributed by atoms with Crippen LogP contribution >= 0.6 is 0 Å². The number of aliphatic hydroxyl groups is 1. The molecular formula is C20H29N3O2. The smallest absolute Gasteiger partial charge is 0.241 e. The topological polar surface area (TPSA) is 67.6 Å². The van der Waals surface area contributed by atoms with Crippen molar-refractivity contribution in [2.45, 2.75) is 45.6 Å². The fourth-order valence-corrected chi connectivity index (χ4v) is 3.46. The Labute approximate surface area is 150 Å². The van der Waals surface area contributed by atoms with Crippen LogP contribution in [0.3, 0.4) is 0 Å². The Morgan fingerprint density at radius 1 is 1.32 bits per heavy atom. The average Bonchev–Trinajstić information content (AvgIpc) is 2.96. The fraction of sp³-hybridized carbons (Fsp3) is 0.600. The molecule has 0 saturated heterocycles. The summed E-state index contributed by atoms with van der Waals surface area (Å²) in [6, 6.07) is 8.08. The van der Waals surface area contributed by atoms with Crippen LogP contribution in [0.5, 0.6) is 0 Å². The molecule has 2 unspecified atom stereocenters. The predicted molar refractivity (Wildman–Crippen MR) is 99.3 cm³/mol. The molecule has 0 spiro atoms. The summed E-state index contributed by atoms with van der Waals surface area (Å²) >= 11 is 0. The van der Waals surface area contributed by atoms with Gasteiger partial charge in [-0.2, -0.15) is 5.26 Å². The zero-order valence-electron chi connectivity index (χ0n) is 15.5. The van der Waals surface area contributed by atoms with Crippen molar-refractivity contribution < 1.29 is 9.90 Å². The van der Waals surface area contributed by atoms with E-state index in [0.717, 1.165) is 37.1 Å². The molecule has 0 radical (unpaired) electrons. The quantitative estimate of drug-likeness (QED) is 0.826. The summed E-state index contributed by atoms with van der Waals surface area (Å²) in [5, 5.41) is 18.9. The van der Waals surface area contributed by atoms with E-state index in [4.69, 9.17) is 5.26 Å². The lowest BCUT2D eigenvalue weighted by molar-refractivity contribution is -0.119. The van der Waals surface area contributed by atoms with E-state index in [-0.39, 0.29) is 17.9 Å². The molecule has 1 fully saturated rings. The molecule has 2 rings (SSSR count). The van der Waals surface area contributed by atoms with Gasteiger partial charge in [0.15, 0.2) is 0 Å². The van der Waals surface area contributed by atoms with E-state index in [1.165, 1.54) is 5.56 Å². The molecule has 0 aliphatic heterocycles. The van der Waals surface area contributed by atoms with Gasteiger partial charge in [-0.05, 0) is 62.9 Å². The Balaban J connectivity index is 2.04. The molecule has 1 aliphatic carbocycles. The maximum atomic E-state index is 12.8. The summed E-state index contributed by atoms with van der Waals surface area (Å²) in [6.07, 6.45) is 3.01. The number of nitrogens with zero attached hydrogens (tertiary/aromatic N) is 3. The van der Waals surface area contributed by atoms with Gasteiger partial charge < -0.3 is 10.0 Å². The fourth-order valence-electron chi connectivity index (χ4n) is 3.46. The lowest BCUT2D eigenvalue weighted by atomic mass is 10.1. The number of aryl methyl sites for hydroxylation is 2. The molecule has 1 aromatic rings. The van der Waals surface area contributed by atoms with Crippen LogP contribution in [0.25, 0.3) is 0 Å². The number of aliphatic hydroxyl groups excluding tert-OH is 1. The third-order valence-electron chi connectivity index (χ3n) is 5.12. The van der Waals surface area contributed by atoms with Crippen LogP contribution in [0, 0.1) is 31.1 Å². The highest BCUT2D eigenvalue weighted by Crippen LogP contribution is 2.26. The standard InChI is InChI=1S/C20H29N3O2/c1-15-8-9-18(12-16(15)2)23(11-5-10-21)20(25)14-22(3)13-17-6-4-7-19(17)24/h8-9,12,17,19,24H,4-7,11,13-14H2,1-3H3. The number of carbonyl (C=O) groups is 1. The molecule has 0 heterocycles. The van der Waals surface area contributed by atoms with Crippen molar-refractivity contribution in [3.05, 3.63) is 29.3 Å². The molecule has 5 nitrogen and oxygen atoms in total. The van der Waals surface area contributed by atoms with Gasteiger partial charge in [-0.3, -0.25) is 9.69 Å². The Hall–Kier alpha value is -1.90. The largest absolute Gasteiger partial charge is 0.393 e. The number of likely N-dealkylation sites (N-methyl/N-ethyl adjacent to an activating group) is 1. The van der Waals surface area contributed by atoms with Gasteiger partial charge >= 0.3 is 0 Å². The van der Waals surface area contributed by atoms with Gasteiger partial charge in [-0.1, -0.05) is 12.5 Å². The van der Waals surface area contributed by atoms with Gasteiger partial charge in [-0.25, -0.2) is 0 Å². The normalized spacial score (nSPS) is 19.8. The first kappa shape index (κ1) is 19.4. The van der Waals surface area contributed by atoms with Crippen LogP contribution in [-0.2, 0) is 4.79 Å². The number of hydrogen-bond acceptors (Lipinski definition) is 4. The van der Waals surface area contributed by atoms with Crippen molar-refractivity contribution in [2.75, 3.05) is 31.6 Å². The third-order valence-corrected chi connectivity index (χ3v) is 5.12. The summed E-state index contributed by atoms with van der Waals surface area (Å²) in [5.41, 5.74) is 3.16. The van der Waals surface area contributed by atoms with E-state index in [1.54, 1.807) is 4.90 Å². The van der Waals surface area contributed by atoms with Gasteiger partial charge in [0.05, 0.1) is 25.1 Å². The molecule has 0 aromatic heterocycles. The van der Waals surface area contributed by atoms with Crippen molar-refractivity contribution >= 4 is 11.6 Å². The van der Waals surface area contributed by atoms with Crippen LogP contribution in [0.1, 0.15) is 36.8 Å². The van der Waals surface area contributed by atoms with Crippen molar-refractivity contribution in [1.82, 2.24) is 4.90 Å². The van der Waals surface area contributed by atoms with Gasteiger partial charge in [0.2, 0.25) is 5.91 Å². The second-order valence-corrected chi connectivity index (χ2v) is 7.18. The number of nitriles is 1. The number of amides is 1. The maximum Gasteiger partial charge on any atom is 0.241 e. The molecule has 136 valence electrons. The lowest BCUT2D eigenvalue weighted by Crippen LogP contribution is -2.41. The van der Waals surface area contributed by atoms with Gasteiger partial charge in [0.25, 0.3) is 0 Å². The van der Waals surface area contributed by atoms with Gasteiger partial charge in [0, 0.05) is 18.8 Å². The minimum absolute atomic E-state index is 0.00603. The number of benzene rings is 1. The highest BCUT2D eigenvalue weighted by Gasteiger charge is 2.27. The zero-order chi connectivity index (χ0) is 18.4. The highest BCUT2D eigenvalue weighted by atomic mass is 16.3. The van der Waals surface area contributed by atoms with Crippen molar-refractivity contribution in [1.29, 1.82) is 5.26 Å². The lowest BCUT2D eigenvalue weighted by Gasteiger charge is -2.27. The average molecular weight is 343 g/mol. The molecule has 5 heteroatoms. The molecule has 1 N–H and O–H groups in total. The Kier molecular flexibility index (Phi) is 6.98. The van der Waals surface area contributed by atoms with Crippen molar-refractivity contribution in [2.24, 2.45) is 5.92 Å². The van der Waals surface area contributed by atoms with Crippen LogP contribution in [-0.4, -0.2) is 48.7 Å². The number of anilines is 1. The van der Waals surface area contributed by atoms with E-state index in [9.17, 15) is 9.90 Å². The molecule has 1 amide bonds. The summed E-state index contributed by atoms with van der Waals surface area (Å²) in [5.74, 6) is 0.250. The van der Waals surface area contributed by atoms with Crippen LogP contribution in [0.2, 0.25) is 0 Å². The second-order valence-electron chi connectivity index (χ2n) is 7.18. The molecule has 25 heavy (non-hydrogen) atoms. The van der Waals surface area contributed by atoms with E-state index >= 15 is 0 Å². The first-order chi connectivity index (χ1) is 11.9. The van der Waals surface area contributed by atoms with Gasteiger partial charge in [-0.15, -0.1) is 0 Å². The summed E-state index contributed by atoms with van der Waals surface area (Å²) in [4.78, 5) is 16.5. The minimum Gasteiger partial charge on any atom is -0.393 e. The summed E-state index contributed by atoms with van der Waals surface area (Å²) in [7, 11) is 1.92. The monoisotopic (exact) mass is 343 g/mol. The zero-order valence-corrected chi connectivity index (χ0v) is 15.5. The molecule has 2 atom stereocenters. The summed E-state index contributed by atoms with van der Waals surface area (Å²) < 4.78 is 0.